The molecule has 0 unspecified atom stereocenters. The van der Waals surface area contributed by atoms with Crippen LogP contribution in [-0.4, -0.2) is 41.4 Å². The number of carbonyl (C=O) groups excluding carboxylic acids is 1. The second kappa shape index (κ2) is 6.80. The molecule has 0 aromatic heterocycles. The third-order valence-electron chi connectivity index (χ3n) is 5.12. The Kier molecular flexibility index (Phi) is 4.34. The van der Waals surface area contributed by atoms with Crippen LogP contribution in [0.25, 0.3) is 11.1 Å². The maximum atomic E-state index is 12.2. The van der Waals surface area contributed by atoms with Crippen molar-refractivity contribution in [3.63, 3.8) is 0 Å². The third-order valence-corrected chi connectivity index (χ3v) is 5.12. The normalized spacial score (nSPS) is 19.0. The zero-order valence-electron chi connectivity index (χ0n) is 14.2. The highest BCUT2D eigenvalue weighted by Gasteiger charge is 2.33. The molecule has 1 saturated heterocycles. The van der Waals surface area contributed by atoms with Gasteiger partial charge in [0.2, 0.25) is 0 Å². The van der Waals surface area contributed by atoms with Crippen LogP contribution in [0, 0.1) is 0 Å². The fourth-order valence-corrected chi connectivity index (χ4v) is 3.91. The van der Waals surface area contributed by atoms with Crippen molar-refractivity contribution in [1.82, 2.24) is 10.4 Å². The Hall–Kier alpha value is -2.86. The molecule has 2 aromatic carbocycles. The number of carboxylic acid groups (broad SMARTS) is 1. The van der Waals surface area contributed by atoms with Gasteiger partial charge in [-0.05, 0) is 35.1 Å². The fraction of sp³-hybridized carbons (Fsp3) is 0.300. The molecule has 4 rings (SSSR count). The molecule has 6 nitrogen and oxygen atoms in total. The van der Waals surface area contributed by atoms with Gasteiger partial charge in [-0.25, -0.2) is 9.80 Å². The van der Waals surface area contributed by atoms with Gasteiger partial charge in [0.05, 0.1) is 0 Å². The average molecular weight is 352 g/mol. The van der Waals surface area contributed by atoms with Gasteiger partial charge >= 0.3 is 12.1 Å². The average Bonchev–Trinajstić information content (AvgIpc) is 3.23. The summed E-state index contributed by atoms with van der Waals surface area (Å²) in [6.45, 7) is 0.729. The number of hydrazine groups is 1. The van der Waals surface area contributed by atoms with E-state index in [0.29, 0.717) is 13.0 Å². The molecule has 1 aliphatic heterocycles. The van der Waals surface area contributed by atoms with E-state index in [-0.39, 0.29) is 12.5 Å². The summed E-state index contributed by atoms with van der Waals surface area (Å²) < 4.78 is 5.45. The van der Waals surface area contributed by atoms with Crippen LogP contribution in [-0.2, 0) is 9.53 Å². The molecule has 1 fully saturated rings. The Bertz CT molecular complexity index is 806. The van der Waals surface area contributed by atoms with E-state index in [4.69, 9.17) is 4.74 Å². The van der Waals surface area contributed by atoms with E-state index in [1.807, 2.05) is 24.3 Å². The van der Waals surface area contributed by atoms with Crippen molar-refractivity contribution >= 4 is 12.1 Å². The summed E-state index contributed by atoms with van der Waals surface area (Å²) in [6.07, 6.45) is 0.652. The van der Waals surface area contributed by atoms with Gasteiger partial charge in [0.1, 0.15) is 12.6 Å². The van der Waals surface area contributed by atoms with Crippen molar-refractivity contribution in [2.24, 2.45) is 0 Å². The third kappa shape index (κ3) is 2.93. The molecule has 1 atom stereocenters. The van der Waals surface area contributed by atoms with Crippen LogP contribution >= 0.6 is 0 Å². The van der Waals surface area contributed by atoms with Gasteiger partial charge in [-0.1, -0.05) is 48.5 Å². The first-order valence-electron chi connectivity index (χ1n) is 8.76. The molecule has 0 saturated carbocycles. The maximum Gasteiger partial charge on any atom is 0.421 e. The highest BCUT2D eigenvalue weighted by molar-refractivity contribution is 5.79. The second-order valence-electron chi connectivity index (χ2n) is 6.63. The van der Waals surface area contributed by atoms with Crippen LogP contribution in [0.3, 0.4) is 0 Å². The summed E-state index contributed by atoms with van der Waals surface area (Å²) in [5.41, 5.74) is 7.20. The standard InChI is InChI=1S/C20H20N2O4/c23-19(24)18-10-5-11-22(18)21-20(25)26-12-17-15-8-3-1-6-13(15)14-7-2-4-9-16(14)17/h1-4,6-9,17-18H,5,10-12H2,(H,21,25)(H,23,24)/t18-/m0/s1. The van der Waals surface area contributed by atoms with E-state index >= 15 is 0 Å². The molecule has 26 heavy (non-hydrogen) atoms. The minimum atomic E-state index is -0.929. The van der Waals surface area contributed by atoms with Crippen molar-refractivity contribution in [3.8, 4) is 11.1 Å². The fourth-order valence-electron chi connectivity index (χ4n) is 3.91. The molecule has 6 heteroatoms. The highest BCUT2D eigenvalue weighted by atomic mass is 16.6. The molecule has 1 amide bonds. The summed E-state index contributed by atoms with van der Waals surface area (Å²) in [7, 11) is 0. The molecular formula is C20H20N2O4. The molecule has 2 N–H and O–H groups in total. The van der Waals surface area contributed by atoms with Crippen LogP contribution in [0.4, 0.5) is 4.79 Å². The van der Waals surface area contributed by atoms with Crippen LogP contribution in [0.5, 0.6) is 0 Å². The van der Waals surface area contributed by atoms with Crippen molar-refractivity contribution in [1.29, 1.82) is 0 Å². The predicted molar refractivity (Wildman–Crippen MR) is 95.6 cm³/mol. The number of fused-ring (bicyclic) bond motifs is 3. The second-order valence-corrected chi connectivity index (χ2v) is 6.63. The smallest absolute Gasteiger partial charge is 0.421 e. The van der Waals surface area contributed by atoms with E-state index in [9.17, 15) is 14.7 Å². The Morgan fingerprint density at radius 2 is 1.69 bits per heavy atom. The van der Waals surface area contributed by atoms with Crippen molar-refractivity contribution in [3.05, 3.63) is 59.7 Å². The predicted octanol–water partition coefficient (Wildman–Crippen LogP) is 2.99. The Morgan fingerprint density at radius 1 is 1.08 bits per heavy atom. The zero-order valence-corrected chi connectivity index (χ0v) is 14.2. The first-order chi connectivity index (χ1) is 12.6. The van der Waals surface area contributed by atoms with Crippen LogP contribution in [0.1, 0.15) is 29.9 Å². The van der Waals surface area contributed by atoms with Gasteiger partial charge in [-0.15, -0.1) is 0 Å². The first kappa shape index (κ1) is 16.6. The Labute approximate surface area is 151 Å². The number of hydrogen-bond donors (Lipinski definition) is 2. The summed E-state index contributed by atoms with van der Waals surface area (Å²) in [4.78, 5) is 23.4. The van der Waals surface area contributed by atoms with E-state index < -0.39 is 18.1 Å². The summed E-state index contributed by atoms with van der Waals surface area (Å²) in [5, 5.41) is 10.6. The van der Waals surface area contributed by atoms with Crippen LogP contribution < -0.4 is 5.43 Å². The minimum absolute atomic E-state index is 0.0120. The topological polar surface area (TPSA) is 78.9 Å². The molecule has 2 aliphatic rings. The van der Waals surface area contributed by atoms with Crippen LogP contribution in [0.2, 0.25) is 0 Å². The number of carbonyl (C=O) groups is 2. The SMILES string of the molecule is O=C(NN1CCC[C@H]1C(=O)O)OCC1c2ccccc2-c2ccccc21. The van der Waals surface area contributed by atoms with Crippen molar-refractivity contribution in [2.45, 2.75) is 24.8 Å². The lowest BCUT2D eigenvalue weighted by Crippen LogP contribution is -2.48. The molecule has 0 bridgehead atoms. The molecule has 134 valence electrons. The van der Waals surface area contributed by atoms with E-state index in [2.05, 4.69) is 29.7 Å². The number of benzene rings is 2. The number of ether oxygens (including phenoxy) is 1. The molecule has 1 heterocycles. The number of nitrogens with zero attached hydrogens (tertiary/aromatic N) is 1. The number of carboxylic acids is 1. The Morgan fingerprint density at radius 3 is 2.31 bits per heavy atom. The highest BCUT2D eigenvalue weighted by Crippen LogP contribution is 2.44. The molecular weight excluding hydrogens is 332 g/mol. The Balaban J connectivity index is 1.45. The van der Waals surface area contributed by atoms with Gasteiger partial charge in [0, 0.05) is 12.5 Å². The summed E-state index contributed by atoms with van der Waals surface area (Å²) in [5.74, 6) is -0.941. The van der Waals surface area contributed by atoms with Gasteiger partial charge in [-0.3, -0.25) is 10.2 Å². The van der Waals surface area contributed by atoms with Crippen molar-refractivity contribution < 1.29 is 19.4 Å². The lowest BCUT2D eigenvalue weighted by molar-refractivity contribution is -0.142. The summed E-state index contributed by atoms with van der Waals surface area (Å²) in [6, 6.07) is 15.6. The van der Waals surface area contributed by atoms with E-state index in [1.54, 1.807) is 0 Å². The monoisotopic (exact) mass is 352 g/mol. The maximum absolute atomic E-state index is 12.2. The van der Waals surface area contributed by atoms with Crippen LogP contribution in [0.15, 0.2) is 48.5 Å². The van der Waals surface area contributed by atoms with Crippen molar-refractivity contribution in [2.75, 3.05) is 13.2 Å². The quantitative estimate of drug-likeness (QED) is 0.884. The number of aliphatic carboxylic acids is 1. The lowest BCUT2D eigenvalue weighted by Gasteiger charge is -2.22. The first-order valence-corrected chi connectivity index (χ1v) is 8.76. The number of rotatable bonds is 4. The number of nitrogens with one attached hydrogen (secondary N) is 1. The number of amides is 1. The zero-order chi connectivity index (χ0) is 18.1. The van der Waals surface area contributed by atoms with Gasteiger partial charge in [-0.2, -0.15) is 0 Å². The molecule has 2 aromatic rings. The largest absolute Gasteiger partial charge is 0.480 e. The molecule has 0 radical (unpaired) electrons. The van der Waals surface area contributed by atoms with Gasteiger partial charge in [0.25, 0.3) is 0 Å². The number of hydrogen-bond acceptors (Lipinski definition) is 4. The molecule has 0 spiro atoms. The van der Waals surface area contributed by atoms with E-state index in [0.717, 1.165) is 17.5 Å². The van der Waals surface area contributed by atoms with Gasteiger partial charge < -0.3 is 9.84 Å². The molecule has 1 aliphatic carbocycles. The summed E-state index contributed by atoms with van der Waals surface area (Å²) >= 11 is 0. The van der Waals surface area contributed by atoms with E-state index in [1.165, 1.54) is 16.1 Å². The lowest BCUT2D eigenvalue weighted by atomic mass is 9.98. The van der Waals surface area contributed by atoms with Gasteiger partial charge in [0.15, 0.2) is 0 Å². The minimum Gasteiger partial charge on any atom is -0.480 e.